The molecule has 72 valence electrons. The number of nitrogens with two attached hydrogens (primary N) is 1. The van der Waals surface area contributed by atoms with Crippen molar-refractivity contribution in [2.24, 2.45) is 0 Å². The van der Waals surface area contributed by atoms with Gasteiger partial charge < -0.3 is 5.73 Å². The van der Waals surface area contributed by atoms with E-state index in [2.05, 4.69) is 4.98 Å². The molecule has 0 aliphatic rings. The van der Waals surface area contributed by atoms with Crippen molar-refractivity contribution >= 4 is 15.5 Å². The second kappa shape index (κ2) is 3.74. The molecule has 0 atom stereocenters. The summed E-state index contributed by atoms with van der Waals surface area (Å²) in [5.41, 5.74) is 6.76. The van der Waals surface area contributed by atoms with E-state index in [4.69, 9.17) is 5.73 Å². The first-order chi connectivity index (χ1) is 5.97. The molecule has 2 N–H and O–H groups in total. The van der Waals surface area contributed by atoms with Gasteiger partial charge in [0.25, 0.3) is 0 Å². The van der Waals surface area contributed by atoms with Crippen LogP contribution in [-0.2, 0) is 16.3 Å². The Hall–Kier alpha value is -1.10. The molecule has 0 aromatic carbocycles. The Morgan fingerprint density at radius 1 is 1.46 bits per heavy atom. The molecule has 0 saturated carbocycles. The van der Waals surface area contributed by atoms with Crippen LogP contribution in [-0.4, -0.2) is 25.4 Å². The van der Waals surface area contributed by atoms with Crippen LogP contribution >= 0.6 is 0 Å². The number of anilines is 1. The third kappa shape index (κ3) is 3.89. The van der Waals surface area contributed by atoms with Gasteiger partial charge in [-0.25, -0.2) is 8.42 Å². The predicted molar refractivity (Wildman–Crippen MR) is 52.1 cm³/mol. The van der Waals surface area contributed by atoms with Crippen molar-refractivity contribution in [3.05, 3.63) is 24.0 Å². The van der Waals surface area contributed by atoms with Gasteiger partial charge in [0.15, 0.2) is 0 Å². The van der Waals surface area contributed by atoms with Gasteiger partial charge in [-0.15, -0.1) is 0 Å². The summed E-state index contributed by atoms with van der Waals surface area (Å²) in [6.45, 7) is 0. The maximum atomic E-state index is 10.8. The van der Waals surface area contributed by atoms with E-state index in [-0.39, 0.29) is 5.75 Å². The van der Waals surface area contributed by atoms with Crippen molar-refractivity contribution in [3.63, 3.8) is 0 Å². The van der Waals surface area contributed by atoms with Crippen LogP contribution in [0.1, 0.15) is 5.69 Å². The van der Waals surface area contributed by atoms with Crippen molar-refractivity contribution < 1.29 is 8.42 Å². The lowest BCUT2D eigenvalue weighted by molar-refractivity contribution is 0.601. The van der Waals surface area contributed by atoms with Crippen molar-refractivity contribution in [2.45, 2.75) is 6.42 Å². The van der Waals surface area contributed by atoms with Crippen LogP contribution in [0.5, 0.6) is 0 Å². The fourth-order valence-electron chi connectivity index (χ4n) is 0.874. The molecule has 0 fully saturated rings. The molecular weight excluding hydrogens is 188 g/mol. The molecule has 0 saturated heterocycles. The Morgan fingerprint density at radius 3 is 2.62 bits per heavy atom. The van der Waals surface area contributed by atoms with E-state index in [1.54, 1.807) is 12.1 Å². The molecule has 0 spiro atoms. The molecular formula is C8H12N2O2S. The zero-order valence-electron chi connectivity index (χ0n) is 7.40. The number of aromatic nitrogens is 1. The number of nitrogens with zero attached hydrogens (tertiary/aromatic N) is 1. The van der Waals surface area contributed by atoms with Crippen LogP contribution in [0.15, 0.2) is 18.3 Å². The van der Waals surface area contributed by atoms with Gasteiger partial charge in [-0.2, -0.15) is 0 Å². The van der Waals surface area contributed by atoms with Gasteiger partial charge in [-0.05, 0) is 12.1 Å². The molecule has 0 aliphatic heterocycles. The Morgan fingerprint density at radius 2 is 2.15 bits per heavy atom. The summed E-state index contributed by atoms with van der Waals surface area (Å²) in [6.07, 6.45) is 3.18. The molecule has 1 aromatic rings. The topological polar surface area (TPSA) is 73.0 Å². The minimum absolute atomic E-state index is 0.129. The standard InChI is InChI=1S/C8H12N2O2S/c1-13(11,12)5-4-8-3-2-7(9)6-10-8/h2-3,6H,4-5,9H2,1H3. The normalized spacial score (nSPS) is 11.5. The highest BCUT2D eigenvalue weighted by molar-refractivity contribution is 7.90. The summed E-state index contributed by atoms with van der Waals surface area (Å²) in [5, 5.41) is 0. The fraction of sp³-hybridized carbons (Fsp3) is 0.375. The molecule has 0 amide bonds. The number of pyridine rings is 1. The minimum Gasteiger partial charge on any atom is -0.397 e. The van der Waals surface area contributed by atoms with E-state index in [1.807, 2.05) is 0 Å². The number of hydrogen-bond donors (Lipinski definition) is 1. The number of hydrogen-bond acceptors (Lipinski definition) is 4. The second-order valence-corrected chi connectivity index (χ2v) is 5.22. The summed E-state index contributed by atoms with van der Waals surface area (Å²) >= 11 is 0. The van der Waals surface area contributed by atoms with E-state index in [1.165, 1.54) is 12.5 Å². The van der Waals surface area contributed by atoms with Crippen molar-refractivity contribution in [1.29, 1.82) is 0 Å². The predicted octanol–water partition coefficient (Wildman–Crippen LogP) is 0.251. The number of nitrogen functional groups attached to an aromatic ring is 1. The smallest absolute Gasteiger partial charge is 0.147 e. The van der Waals surface area contributed by atoms with Crippen molar-refractivity contribution in [3.8, 4) is 0 Å². The maximum Gasteiger partial charge on any atom is 0.147 e. The number of sulfone groups is 1. The summed E-state index contributed by atoms with van der Waals surface area (Å²) < 4.78 is 21.6. The largest absolute Gasteiger partial charge is 0.397 e. The zero-order valence-corrected chi connectivity index (χ0v) is 8.21. The quantitative estimate of drug-likeness (QED) is 0.759. The zero-order chi connectivity index (χ0) is 9.90. The Kier molecular flexibility index (Phi) is 2.87. The van der Waals surface area contributed by atoms with Crippen molar-refractivity contribution in [1.82, 2.24) is 4.98 Å². The maximum absolute atomic E-state index is 10.8. The Bertz CT molecular complexity index is 370. The molecule has 0 bridgehead atoms. The molecule has 1 aromatic heterocycles. The first-order valence-electron chi connectivity index (χ1n) is 3.85. The highest BCUT2D eigenvalue weighted by Gasteiger charge is 2.03. The van der Waals surface area contributed by atoms with E-state index in [0.29, 0.717) is 12.1 Å². The van der Waals surface area contributed by atoms with Crippen LogP contribution in [0.25, 0.3) is 0 Å². The van der Waals surface area contributed by atoms with E-state index in [9.17, 15) is 8.42 Å². The van der Waals surface area contributed by atoms with E-state index >= 15 is 0 Å². The molecule has 5 heteroatoms. The third-order valence-corrected chi connectivity index (χ3v) is 2.52. The second-order valence-electron chi connectivity index (χ2n) is 2.96. The number of rotatable bonds is 3. The molecule has 13 heavy (non-hydrogen) atoms. The Balaban J connectivity index is 2.61. The Labute approximate surface area is 77.7 Å². The SMILES string of the molecule is CS(=O)(=O)CCc1ccc(N)cn1. The van der Waals surface area contributed by atoms with Crippen LogP contribution < -0.4 is 5.73 Å². The summed E-state index contributed by atoms with van der Waals surface area (Å²) in [4.78, 5) is 3.99. The van der Waals surface area contributed by atoms with Gasteiger partial charge in [-0.3, -0.25) is 4.98 Å². The highest BCUT2D eigenvalue weighted by Crippen LogP contribution is 2.02. The highest BCUT2D eigenvalue weighted by atomic mass is 32.2. The molecule has 1 heterocycles. The van der Waals surface area contributed by atoms with Crippen LogP contribution in [0.4, 0.5) is 5.69 Å². The summed E-state index contributed by atoms with van der Waals surface area (Å²) in [5.74, 6) is 0.129. The van der Waals surface area contributed by atoms with Gasteiger partial charge in [0.2, 0.25) is 0 Å². The molecule has 0 aliphatic carbocycles. The van der Waals surface area contributed by atoms with Gasteiger partial charge in [-0.1, -0.05) is 0 Å². The lowest BCUT2D eigenvalue weighted by Gasteiger charge is -1.99. The molecule has 0 unspecified atom stereocenters. The fourth-order valence-corrected chi connectivity index (χ4v) is 1.45. The first-order valence-corrected chi connectivity index (χ1v) is 5.91. The van der Waals surface area contributed by atoms with E-state index < -0.39 is 9.84 Å². The van der Waals surface area contributed by atoms with Gasteiger partial charge in [0.1, 0.15) is 9.84 Å². The lowest BCUT2D eigenvalue weighted by Crippen LogP contribution is -2.06. The molecule has 1 rings (SSSR count). The van der Waals surface area contributed by atoms with E-state index in [0.717, 1.165) is 5.69 Å². The average Bonchev–Trinajstić information content (AvgIpc) is 2.02. The summed E-state index contributed by atoms with van der Waals surface area (Å²) in [7, 11) is -2.90. The van der Waals surface area contributed by atoms with Crippen LogP contribution in [0, 0.1) is 0 Å². The van der Waals surface area contributed by atoms with Gasteiger partial charge in [0.05, 0.1) is 17.6 Å². The summed E-state index contributed by atoms with van der Waals surface area (Å²) in [6, 6.07) is 3.45. The van der Waals surface area contributed by atoms with Crippen LogP contribution in [0.2, 0.25) is 0 Å². The lowest BCUT2D eigenvalue weighted by atomic mass is 10.3. The number of aryl methyl sites for hydroxylation is 1. The van der Waals surface area contributed by atoms with Crippen molar-refractivity contribution in [2.75, 3.05) is 17.7 Å². The van der Waals surface area contributed by atoms with Crippen LogP contribution in [0.3, 0.4) is 0 Å². The van der Waals surface area contributed by atoms with Gasteiger partial charge in [0, 0.05) is 18.4 Å². The van der Waals surface area contributed by atoms with Gasteiger partial charge >= 0.3 is 0 Å². The third-order valence-electron chi connectivity index (χ3n) is 1.58. The molecule has 0 radical (unpaired) electrons. The average molecular weight is 200 g/mol. The monoisotopic (exact) mass is 200 g/mol. The first kappa shape index (κ1) is 9.98. The minimum atomic E-state index is -2.90. The molecule has 4 nitrogen and oxygen atoms in total.